The summed E-state index contributed by atoms with van der Waals surface area (Å²) in [5.41, 5.74) is 2.92. The molecule has 0 aromatic carbocycles. The van der Waals surface area contributed by atoms with Crippen molar-refractivity contribution in [1.82, 2.24) is 0 Å². The van der Waals surface area contributed by atoms with Crippen molar-refractivity contribution < 1.29 is 57.1 Å². The molecular weight excluding hydrogens is 594 g/mol. The fourth-order valence-corrected chi connectivity index (χ4v) is 5.53. The second-order valence-corrected chi connectivity index (χ2v) is 8.31. The van der Waals surface area contributed by atoms with Crippen molar-refractivity contribution >= 4 is 34.9 Å². The Labute approximate surface area is 196 Å². The lowest BCUT2D eigenvalue weighted by atomic mass is 10.2. The molecule has 2 nitrogen and oxygen atoms in total. The summed E-state index contributed by atoms with van der Waals surface area (Å²) < 4.78 is 7.37. The van der Waals surface area contributed by atoms with E-state index in [0.29, 0.717) is 0 Å². The maximum atomic E-state index is 2.26. The van der Waals surface area contributed by atoms with Crippen molar-refractivity contribution in [3.05, 3.63) is 72.3 Å². The Morgan fingerprint density at radius 2 is 1.04 bits per heavy atom. The molecular formula is C18H20I2N2S3. The molecule has 0 unspecified atom stereocenters. The first-order valence-electron chi connectivity index (χ1n) is 7.42. The summed E-state index contributed by atoms with van der Waals surface area (Å²) in [6, 6.07) is 12.5. The Morgan fingerprint density at radius 3 is 1.36 bits per heavy atom. The first-order chi connectivity index (χ1) is 11.3. The predicted octanol–water partition coefficient (Wildman–Crippen LogP) is -2.13. The summed E-state index contributed by atoms with van der Waals surface area (Å²) in [5, 5.41) is 0. The van der Waals surface area contributed by atoms with E-state index in [1.807, 2.05) is 34.9 Å². The van der Waals surface area contributed by atoms with Gasteiger partial charge in [0.25, 0.3) is 0 Å². The highest BCUT2D eigenvalue weighted by molar-refractivity contribution is 8.02. The van der Waals surface area contributed by atoms with Crippen LogP contribution in [0.5, 0.6) is 0 Å². The standard InChI is InChI=1S/C18H20N2S3.2HI/c1-21-17-15(13-19-9-5-3-6-10-19)16(18(22-2)23-17)14-20-11-7-4-8-12-20;;/h3-12H,13-14H2,1-2H3;2*1H/q+2;;/p-2. The van der Waals surface area contributed by atoms with Crippen LogP contribution >= 0.6 is 34.9 Å². The number of hydrogen-bond donors (Lipinski definition) is 0. The number of hydrogen-bond acceptors (Lipinski definition) is 3. The highest BCUT2D eigenvalue weighted by Crippen LogP contribution is 2.39. The van der Waals surface area contributed by atoms with Gasteiger partial charge in [0.2, 0.25) is 0 Å². The minimum absolute atomic E-state index is 0. The van der Waals surface area contributed by atoms with Gasteiger partial charge in [-0.15, -0.1) is 34.9 Å². The second-order valence-electron chi connectivity index (χ2n) is 5.14. The van der Waals surface area contributed by atoms with Crippen molar-refractivity contribution in [2.24, 2.45) is 0 Å². The zero-order chi connectivity index (χ0) is 16.1. The Bertz CT molecular complexity index is 701. The van der Waals surface area contributed by atoms with E-state index in [1.54, 1.807) is 0 Å². The van der Waals surface area contributed by atoms with E-state index in [0.717, 1.165) is 13.1 Å². The van der Waals surface area contributed by atoms with Gasteiger partial charge in [0.05, 0.1) is 19.5 Å². The molecule has 3 heterocycles. The highest BCUT2D eigenvalue weighted by Gasteiger charge is 2.23. The Morgan fingerprint density at radius 1 is 0.680 bits per heavy atom. The number of thioether (sulfide) groups is 2. The summed E-state index contributed by atoms with van der Waals surface area (Å²) in [6.45, 7) is 1.85. The van der Waals surface area contributed by atoms with Gasteiger partial charge in [0.15, 0.2) is 37.9 Å². The average Bonchev–Trinajstić information content (AvgIpc) is 2.93. The molecule has 0 saturated heterocycles. The Kier molecular flexibility index (Phi) is 10.9. The number of rotatable bonds is 6. The van der Waals surface area contributed by atoms with E-state index < -0.39 is 0 Å². The van der Waals surface area contributed by atoms with Crippen LogP contribution in [0, 0.1) is 0 Å². The van der Waals surface area contributed by atoms with Crippen LogP contribution in [0.3, 0.4) is 0 Å². The number of nitrogens with zero attached hydrogens (tertiary/aromatic N) is 2. The van der Waals surface area contributed by atoms with Gasteiger partial charge in [-0.05, 0) is 12.5 Å². The van der Waals surface area contributed by atoms with Crippen molar-refractivity contribution in [2.45, 2.75) is 21.5 Å². The Balaban J connectivity index is 0.00000156. The summed E-state index contributed by atoms with van der Waals surface area (Å²) in [7, 11) is 0. The summed E-state index contributed by atoms with van der Waals surface area (Å²) >= 11 is 5.64. The smallest absolute Gasteiger partial charge is 0.176 e. The molecule has 0 aliphatic heterocycles. The minimum atomic E-state index is 0. The van der Waals surface area contributed by atoms with Gasteiger partial charge in [-0.25, -0.2) is 9.13 Å². The summed E-state index contributed by atoms with van der Waals surface area (Å²) in [6.07, 6.45) is 12.9. The monoisotopic (exact) mass is 614 g/mol. The van der Waals surface area contributed by atoms with Crippen LogP contribution in [0.4, 0.5) is 0 Å². The molecule has 7 heteroatoms. The lowest BCUT2D eigenvalue weighted by molar-refractivity contribution is -0.693. The normalized spacial score (nSPS) is 10.0. The van der Waals surface area contributed by atoms with E-state index in [4.69, 9.17) is 0 Å². The third-order valence-corrected chi connectivity index (χ3v) is 7.25. The van der Waals surface area contributed by atoms with Crippen LogP contribution < -0.4 is 57.1 Å². The molecule has 0 aliphatic carbocycles. The fourth-order valence-electron chi connectivity index (χ4n) is 2.55. The predicted molar refractivity (Wildman–Crippen MR) is 99.4 cm³/mol. The lowest BCUT2D eigenvalue weighted by Crippen LogP contribution is -3.00. The molecule has 0 N–H and O–H groups in total. The molecule has 3 aromatic rings. The lowest BCUT2D eigenvalue weighted by Gasteiger charge is -2.03. The van der Waals surface area contributed by atoms with Crippen molar-refractivity contribution in [1.29, 1.82) is 0 Å². The number of thiophene rings is 1. The molecule has 0 saturated carbocycles. The molecule has 0 amide bonds. The van der Waals surface area contributed by atoms with Gasteiger partial charge in [-0.1, -0.05) is 12.1 Å². The van der Waals surface area contributed by atoms with Crippen LogP contribution in [0.25, 0.3) is 0 Å². The van der Waals surface area contributed by atoms with Crippen molar-refractivity contribution in [3.63, 3.8) is 0 Å². The average molecular weight is 614 g/mol. The molecule has 0 atom stereocenters. The first-order valence-corrected chi connectivity index (χ1v) is 10.7. The van der Waals surface area contributed by atoms with Crippen LogP contribution in [0.15, 0.2) is 69.6 Å². The zero-order valence-corrected chi connectivity index (χ0v) is 20.8. The van der Waals surface area contributed by atoms with Gasteiger partial charge >= 0.3 is 0 Å². The van der Waals surface area contributed by atoms with E-state index in [1.165, 1.54) is 19.5 Å². The van der Waals surface area contributed by atoms with Crippen LogP contribution in [-0.2, 0) is 13.1 Å². The maximum absolute atomic E-state index is 2.26. The SMILES string of the molecule is CSc1sc(SC)c(C[n+]2ccccc2)c1C[n+]1ccccc1.[I-].[I-]. The molecule has 0 bridgehead atoms. The van der Waals surface area contributed by atoms with Gasteiger partial charge in [0, 0.05) is 24.3 Å². The molecule has 0 radical (unpaired) electrons. The van der Waals surface area contributed by atoms with Crippen LogP contribution in [-0.4, -0.2) is 12.5 Å². The second kappa shape index (κ2) is 11.8. The van der Waals surface area contributed by atoms with Gasteiger partial charge in [-0.2, -0.15) is 0 Å². The number of halogens is 2. The summed E-state index contributed by atoms with van der Waals surface area (Å²) in [5.74, 6) is 0. The molecule has 0 fully saturated rings. The molecule has 0 spiro atoms. The minimum Gasteiger partial charge on any atom is -1.00 e. The molecule has 134 valence electrons. The van der Waals surface area contributed by atoms with E-state index >= 15 is 0 Å². The summed E-state index contributed by atoms with van der Waals surface area (Å²) in [4.78, 5) is 0. The third kappa shape index (κ3) is 6.08. The maximum Gasteiger partial charge on any atom is 0.176 e. The molecule has 25 heavy (non-hydrogen) atoms. The van der Waals surface area contributed by atoms with Gasteiger partial charge in [-0.3, -0.25) is 0 Å². The molecule has 0 aliphatic rings. The molecule has 3 rings (SSSR count). The fraction of sp³-hybridized carbons (Fsp3) is 0.222. The largest absolute Gasteiger partial charge is 1.00 e. The Hall–Kier alpha value is 0.160. The van der Waals surface area contributed by atoms with E-state index in [-0.39, 0.29) is 48.0 Å². The zero-order valence-electron chi connectivity index (χ0n) is 14.1. The number of aromatic nitrogens is 2. The van der Waals surface area contributed by atoms with Crippen LogP contribution in [0.2, 0.25) is 0 Å². The van der Waals surface area contributed by atoms with Crippen molar-refractivity contribution in [2.75, 3.05) is 12.5 Å². The van der Waals surface area contributed by atoms with E-state index in [2.05, 4.69) is 82.8 Å². The van der Waals surface area contributed by atoms with Crippen LogP contribution in [0.1, 0.15) is 11.1 Å². The quantitative estimate of drug-likeness (QED) is 0.178. The number of pyridine rings is 2. The van der Waals surface area contributed by atoms with Crippen molar-refractivity contribution in [3.8, 4) is 0 Å². The topological polar surface area (TPSA) is 7.76 Å². The molecule has 3 aromatic heterocycles. The van der Waals surface area contributed by atoms with E-state index in [9.17, 15) is 0 Å². The highest BCUT2D eigenvalue weighted by atomic mass is 127. The third-order valence-electron chi connectivity index (χ3n) is 3.65. The van der Waals surface area contributed by atoms with Gasteiger partial charge in [0.1, 0.15) is 0 Å². The first kappa shape index (κ1) is 23.2. The van der Waals surface area contributed by atoms with Gasteiger partial charge < -0.3 is 48.0 Å².